The molecule has 0 heterocycles. The molecule has 0 saturated heterocycles. The fourth-order valence-corrected chi connectivity index (χ4v) is 2.55. The van der Waals surface area contributed by atoms with Crippen LogP contribution in [0.3, 0.4) is 0 Å². The zero-order valence-electron chi connectivity index (χ0n) is 16.1. The van der Waals surface area contributed by atoms with Crippen molar-refractivity contribution in [2.75, 3.05) is 13.7 Å². The molecule has 140 valence electrons. The largest absolute Gasteiger partial charge is 0.514 e. The number of hydrogen-bond donors (Lipinski definition) is 0. The lowest BCUT2D eigenvalue weighted by atomic mass is 10.2. The zero-order chi connectivity index (χ0) is 19.3. The molecule has 6 nitrogen and oxygen atoms in total. The Kier molecular flexibility index (Phi) is 7.04. The molecule has 0 aromatic heterocycles. The summed E-state index contributed by atoms with van der Waals surface area (Å²) in [5.41, 5.74) is -0.512. The van der Waals surface area contributed by atoms with E-state index in [-0.39, 0.29) is 11.3 Å². The summed E-state index contributed by atoms with van der Waals surface area (Å²) >= 11 is 0. The van der Waals surface area contributed by atoms with E-state index in [4.69, 9.17) is 18.9 Å². The number of rotatable bonds is 7. The lowest BCUT2D eigenvalue weighted by Gasteiger charge is -2.20. The number of hydrogen-bond acceptors (Lipinski definition) is 6. The molecule has 25 heavy (non-hydrogen) atoms. The van der Waals surface area contributed by atoms with Crippen molar-refractivity contribution in [1.82, 2.24) is 0 Å². The molecule has 0 amide bonds. The minimum Gasteiger partial charge on any atom is -0.493 e. The molecule has 0 N–H and O–H groups in total. The van der Waals surface area contributed by atoms with Gasteiger partial charge >= 0.3 is 6.16 Å². The Morgan fingerprint density at radius 2 is 1.76 bits per heavy atom. The third-order valence-electron chi connectivity index (χ3n) is 3.12. The maximum Gasteiger partial charge on any atom is 0.514 e. The predicted molar refractivity (Wildman–Crippen MR) is 98.9 cm³/mol. The van der Waals surface area contributed by atoms with E-state index in [1.54, 1.807) is 20.8 Å². The molecule has 0 unspecified atom stereocenters. The van der Waals surface area contributed by atoms with Crippen molar-refractivity contribution in [2.45, 2.75) is 52.1 Å². The summed E-state index contributed by atoms with van der Waals surface area (Å²) in [4.78, 5) is 23.2. The highest BCUT2D eigenvalue weighted by Gasteiger charge is 2.21. The van der Waals surface area contributed by atoms with Gasteiger partial charge in [0.2, 0.25) is 0 Å². The molecular formula is C18H28O6Si. The standard InChI is InChI=1S/C18H28O6Si/c1-18(2,3)24-17(20)23-14-11-16(22-8-9-25(5,6)7)15(21-4)10-13(14)12-19/h10-12H,8-9H2,1-7H3. The van der Waals surface area contributed by atoms with E-state index in [2.05, 4.69) is 19.6 Å². The fourth-order valence-electron chi connectivity index (χ4n) is 1.84. The molecule has 0 bridgehead atoms. The second-order valence-electron chi connectivity index (χ2n) is 7.88. The topological polar surface area (TPSA) is 71.1 Å². The number of benzene rings is 1. The SMILES string of the molecule is COc1cc(C=O)c(OC(=O)OC(C)(C)C)cc1OCC[Si](C)(C)C. The number of ether oxygens (including phenoxy) is 4. The van der Waals surface area contributed by atoms with Crippen LogP contribution in [0, 0.1) is 0 Å². The molecule has 0 aliphatic heterocycles. The molecule has 1 rings (SSSR count). The van der Waals surface area contributed by atoms with Crippen LogP contribution in [0.15, 0.2) is 12.1 Å². The van der Waals surface area contributed by atoms with Gasteiger partial charge < -0.3 is 18.9 Å². The Hall–Kier alpha value is -2.02. The lowest BCUT2D eigenvalue weighted by molar-refractivity contribution is 0.0205. The van der Waals surface area contributed by atoms with Crippen LogP contribution in [-0.4, -0.2) is 39.8 Å². The third kappa shape index (κ3) is 7.60. The van der Waals surface area contributed by atoms with Crippen LogP contribution in [0.5, 0.6) is 17.2 Å². The maximum absolute atomic E-state index is 11.9. The molecule has 0 atom stereocenters. The van der Waals surface area contributed by atoms with Crippen LogP contribution in [-0.2, 0) is 4.74 Å². The van der Waals surface area contributed by atoms with Gasteiger partial charge in [0, 0.05) is 14.1 Å². The Labute approximate surface area is 150 Å². The van der Waals surface area contributed by atoms with E-state index >= 15 is 0 Å². The number of methoxy groups -OCH3 is 1. The van der Waals surface area contributed by atoms with Crippen molar-refractivity contribution in [1.29, 1.82) is 0 Å². The van der Waals surface area contributed by atoms with Gasteiger partial charge in [0.05, 0.1) is 19.3 Å². The molecule has 0 radical (unpaired) electrons. The fraction of sp³-hybridized carbons (Fsp3) is 0.556. The Bertz CT molecular complexity index is 613. The van der Waals surface area contributed by atoms with E-state index in [0.29, 0.717) is 24.4 Å². The Morgan fingerprint density at radius 3 is 2.24 bits per heavy atom. The second-order valence-corrected chi connectivity index (χ2v) is 13.5. The van der Waals surface area contributed by atoms with Crippen molar-refractivity contribution in [3.63, 3.8) is 0 Å². The molecular weight excluding hydrogens is 340 g/mol. The quantitative estimate of drug-likeness (QED) is 0.304. The van der Waals surface area contributed by atoms with Gasteiger partial charge in [-0.2, -0.15) is 0 Å². The van der Waals surface area contributed by atoms with Crippen molar-refractivity contribution >= 4 is 20.5 Å². The summed E-state index contributed by atoms with van der Waals surface area (Å²) in [7, 11) is 0.239. The summed E-state index contributed by atoms with van der Waals surface area (Å²) in [5, 5.41) is 0. The van der Waals surface area contributed by atoms with E-state index in [1.165, 1.54) is 19.2 Å². The molecule has 1 aromatic carbocycles. The summed E-state index contributed by atoms with van der Waals surface area (Å²) in [6.45, 7) is 12.5. The van der Waals surface area contributed by atoms with Gasteiger partial charge in [0.1, 0.15) is 11.4 Å². The average molecular weight is 369 g/mol. The lowest BCUT2D eigenvalue weighted by Crippen LogP contribution is -2.26. The smallest absolute Gasteiger partial charge is 0.493 e. The molecule has 0 saturated carbocycles. The van der Waals surface area contributed by atoms with Crippen LogP contribution in [0.25, 0.3) is 0 Å². The van der Waals surface area contributed by atoms with Gasteiger partial charge in [0.25, 0.3) is 0 Å². The first-order valence-corrected chi connectivity index (χ1v) is 11.9. The highest BCUT2D eigenvalue weighted by molar-refractivity contribution is 6.76. The monoisotopic (exact) mass is 368 g/mol. The minimum atomic E-state index is -1.25. The van der Waals surface area contributed by atoms with Crippen LogP contribution in [0.1, 0.15) is 31.1 Å². The van der Waals surface area contributed by atoms with E-state index in [1.807, 2.05) is 0 Å². The van der Waals surface area contributed by atoms with Crippen molar-refractivity contribution in [3.05, 3.63) is 17.7 Å². The maximum atomic E-state index is 11.9. The van der Waals surface area contributed by atoms with E-state index in [9.17, 15) is 9.59 Å². The predicted octanol–water partition coefficient (Wildman–Crippen LogP) is 4.54. The molecule has 0 aliphatic carbocycles. The first kappa shape index (κ1) is 21.0. The number of carbonyl (C=O) groups is 2. The third-order valence-corrected chi connectivity index (χ3v) is 4.82. The Balaban J connectivity index is 3.01. The van der Waals surface area contributed by atoms with E-state index in [0.717, 1.165) is 6.04 Å². The molecule has 0 fully saturated rings. The summed E-state index contributed by atoms with van der Waals surface area (Å²) in [5.74, 6) is 0.909. The normalized spacial score (nSPS) is 11.6. The molecule has 0 spiro atoms. The molecule has 0 aliphatic rings. The van der Waals surface area contributed by atoms with Crippen molar-refractivity contribution in [2.24, 2.45) is 0 Å². The van der Waals surface area contributed by atoms with Gasteiger partial charge in [-0.3, -0.25) is 4.79 Å². The van der Waals surface area contributed by atoms with Gasteiger partial charge in [-0.1, -0.05) is 19.6 Å². The van der Waals surface area contributed by atoms with E-state index < -0.39 is 19.8 Å². The average Bonchev–Trinajstić information content (AvgIpc) is 2.44. The number of aldehydes is 1. The summed E-state index contributed by atoms with van der Waals surface area (Å²) in [6.07, 6.45) is -0.289. The van der Waals surface area contributed by atoms with Crippen LogP contribution < -0.4 is 14.2 Å². The Morgan fingerprint density at radius 1 is 1.12 bits per heavy atom. The van der Waals surface area contributed by atoms with Crippen molar-refractivity contribution < 1.29 is 28.5 Å². The highest BCUT2D eigenvalue weighted by Crippen LogP contribution is 2.35. The van der Waals surface area contributed by atoms with Crippen LogP contribution in [0.4, 0.5) is 4.79 Å². The van der Waals surface area contributed by atoms with Gasteiger partial charge in [0.15, 0.2) is 17.8 Å². The molecule has 1 aromatic rings. The number of carbonyl (C=O) groups excluding carboxylic acids is 2. The van der Waals surface area contributed by atoms with Gasteiger partial charge in [-0.05, 0) is 32.9 Å². The van der Waals surface area contributed by atoms with Gasteiger partial charge in [-0.25, -0.2) is 4.79 Å². The summed E-state index contributed by atoms with van der Waals surface area (Å²) in [6, 6.07) is 3.93. The summed E-state index contributed by atoms with van der Waals surface area (Å²) < 4.78 is 21.4. The first-order valence-electron chi connectivity index (χ1n) is 8.16. The minimum absolute atomic E-state index is 0.0769. The highest BCUT2D eigenvalue weighted by atomic mass is 28.3. The van der Waals surface area contributed by atoms with Gasteiger partial charge in [-0.15, -0.1) is 0 Å². The van der Waals surface area contributed by atoms with Crippen LogP contribution in [0.2, 0.25) is 25.7 Å². The van der Waals surface area contributed by atoms with Crippen LogP contribution >= 0.6 is 0 Å². The molecule has 7 heteroatoms. The second kappa shape index (κ2) is 8.38. The first-order chi connectivity index (χ1) is 11.4. The zero-order valence-corrected chi connectivity index (χ0v) is 17.1. The van der Waals surface area contributed by atoms with Crippen molar-refractivity contribution in [3.8, 4) is 17.2 Å².